The van der Waals surface area contributed by atoms with Crippen molar-refractivity contribution in [2.75, 3.05) is 5.32 Å². The number of anilines is 1. The molecule has 0 unspecified atom stereocenters. The molecule has 3 amide bonds. The number of thiazole rings is 1. The van der Waals surface area contributed by atoms with Crippen LogP contribution >= 0.6 is 22.7 Å². The van der Waals surface area contributed by atoms with Crippen molar-refractivity contribution in [3.8, 4) is 10.6 Å². The maximum atomic E-state index is 12.8. The molecule has 0 atom stereocenters. The number of carbonyl (C=O) groups is 3. The van der Waals surface area contributed by atoms with E-state index >= 15 is 0 Å². The van der Waals surface area contributed by atoms with Gasteiger partial charge in [-0.3, -0.25) is 24.6 Å². The van der Waals surface area contributed by atoms with Crippen LogP contribution in [0.5, 0.6) is 0 Å². The molecule has 2 aromatic carbocycles. The number of rotatable bonds is 5. The van der Waals surface area contributed by atoms with Gasteiger partial charge in [0.2, 0.25) is 0 Å². The van der Waals surface area contributed by atoms with E-state index in [0.717, 1.165) is 16.1 Å². The van der Waals surface area contributed by atoms with Gasteiger partial charge in [-0.25, -0.2) is 4.98 Å². The zero-order valence-corrected chi connectivity index (χ0v) is 17.7. The number of thiophene rings is 1. The highest BCUT2D eigenvalue weighted by Crippen LogP contribution is 2.29. The van der Waals surface area contributed by atoms with Crippen LogP contribution in [0.3, 0.4) is 0 Å². The van der Waals surface area contributed by atoms with Gasteiger partial charge in [0.15, 0.2) is 5.13 Å². The fourth-order valence-corrected chi connectivity index (χ4v) is 4.85. The summed E-state index contributed by atoms with van der Waals surface area (Å²) in [5.41, 5.74) is 2.52. The Balaban J connectivity index is 1.34. The molecule has 0 bridgehead atoms. The number of benzene rings is 2. The van der Waals surface area contributed by atoms with Gasteiger partial charge < -0.3 is 0 Å². The van der Waals surface area contributed by atoms with Gasteiger partial charge in [-0.2, -0.15) is 0 Å². The number of hydrogen-bond acceptors (Lipinski definition) is 6. The molecule has 31 heavy (non-hydrogen) atoms. The first-order valence-corrected chi connectivity index (χ1v) is 11.2. The Morgan fingerprint density at radius 1 is 0.935 bits per heavy atom. The summed E-state index contributed by atoms with van der Waals surface area (Å²) in [4.78, 5) is 44.9. The predicted molar refractivity (Wildman–Crippen MR) is 120 cm³/mol. The Kier molecular flexibility index (Phi) is 4.93. The maximum absolute atomic E-state index is 12.8. The number of fused-ring (bicyclic) bond motifs is 1. The Hall–Kier alpha value is -3.62. The van der Waals surface area contributed by atoms with E-state index in [1.165, 1.54) is 28.4 Å². The van der Waals surface area contributed by atoms with Crippen molar-refractivity contribution in [1.82, 2.24) is 9.88 Å². The molecule has 152 valence electrons. The summed E-state index contributed by atoms with van der Waals surface area (Å²) in [7, 11) is 0. The monoisotopic (exact) mass is 445 g/mol. The third-order valence-electron chi connectivity index (χ3n) is 4.91. The Morgan fingerprint density at radius 2 is 1.74 bits per heavy atom. The number of nitrogens with zero attached hydrogens (tertiary/aromatic N) is 2. The van der Waals surface area contributed by atoms with E-state index in [-0.39, 0.29) is 23.9 Å². The average Bonchev–Trinajstić information content (AvgIpc) is 3.52. The molecule has 0 radical (unpaired) electrons. The smallest absolute Gasteiger partial charge is 0.261 e. The van der Waals surface area contributed by atoms with E-state index in [0.29, 0.717) is 16.3 Å². The van der Waals surface area contributed by atoms with Crippen LogP contribution in [0.1, 0.15) is 36.6 Å². The van der Waals surface area contributed by atoms with Gasteiger partial charge in [-0.15, -0.1) is 22.7 Å². The van der Waals surface area contributed by atoms with Crippen molar-refractivity contribution in [1.29, 1.82) is 0 Å². The highest BCUT2D eigenvalue weighted by molar-refractivity contribution is 7.16. The highest BCUT2D eigenvalue weighted by atomic mass is 32.1. The molecule has 0 spiro atoms. The first-order valence-electron chi connectivity index (χ1n) is 9.45. The quantitative estimate of drug-likeness (QED) is 0.442. The average molecular weight is 446 g/mol. The predicted octanol–water partition coefficient (Wildman–Crippen LogP) is 4.92. The number of carbonyl (C=O) groups excluding carboxylic acids is 3. The molecular formula is C23H15N3O3S2. The van der Waals surface area contributed by atoms with Crippen LogP contribution < -0.4 is 5.32 Å². The van der Waals surface area contributed by atoms with Crippen LogP contribution in [0.2, 0.25) is 0 Å². The maximum Gasteiger partial charge on any atom is 0.261 e. The molecule has 3 heterocycles. The lowest BCUT2D eigenvalue weighted by Crippen LogP contribution is -2.29. The van der Waals surface area contributed by atoms with E-state index in [1.54, 1.807) is 17.4 Å². The molecule has 5 rings (SSSR count). The molecule has 0 aliphatic carbocycles. The molecular weight excluding hydrogens is 430 g/mol. The lowest BCUT2D eigenvalue weighted by Gasteiger charge is -2.13. The van der Waals surface area contributed by atoms with Gasteiger partial charge in [0, 0.05) is 10.9 Å². The molecule has 1 N–H and O–H groups in total. The normalized spacial score (nSPS) is 12.8. The summed E-state index contributed by atoms with van der Waals surface area (Å²) in [5.74, 6) is -1.12. The zero-order valence-electron chi connectivity index (χ0n) is 16.1. The van der Waals surface area contributed by atoms with E-state index in [1.807, 2.05) is 53.2 Å². The van der Waals surface area contributed by atoms with Gasteiger partial charge in [0.1, 0.15) is 0 Å². The lowest BCUT2D eigenvalue weighted by atomic mass is 10.1. The summed E-state index contributed by atoms with van der Waals surface area (Å²) < 4.78 is 0. The molecule has 6 nitrogen and oxygen atoms in total. The summed E-state index contributed by atoms with van der Waals surface area (Å²) in [6.07, 6.45) is 0. The summed E-state index contributed by atoms with van der Waals surface area (Å²) in [5, 5.41) is 7.10. The molecule has 8 heteroatoms. The van der Waals surface area contributed by atoms with Crippen LogP contribution in [-0.2, 0) is 6.54 Å². The molecule has 0 saturated heterocycles. The number of nitrogens with one attached hydrogen (secondary N) is 1. The fraction of sp³-hybridized carbons (Fsp3) is 0.0435. The van der Waals surface area contributed by atoms with Crippen LogP contribution in [-0.4, -0.2) is 27.6 Å². The first-order chi connectivity index (χ1) is 15.1. The van der Waals surface area contributed by atoms with Crippen LogP contribution in [0.4, 0.5) is 5.13 Å². The van der Waals surface area contributed by atoms with Gasteiger partial charge in [0.25, 0.3) is 17.7 Å². The van der Waals surface area contributed by atoms with Gasteiger partial charge in [-0.05, 0) is 35.2 Å². The summed E-state index contributed by atoms with van der Waals surface area (Å²) >= 11 is 2.91. The standard InChI is InChI=1S/C23H15N3O3S2/c27-20(25-23-24-18(13-31-23)19-7-4-10-30-19)15-8-9-16-17(11-15)22(29)26(21(16)28)12-14-5-2-1-3-6-14/h1-11,13H,12H2,(H,24,25,27). The van der Waals surface area contributed by atoms with E-state index in [9.17, 15) is 14.4 Å². The first kappa shape index (κ1) is 19.3. The molecule has 0 saturated carbocycles. The SMILES string of the molecule is O=C(Nc1nc(-c2cccs2)cs1)c1ccc2c(c1)C(=O)N(Cc1ccccc1)C2=O. The minimum Gasteiger partial charge on any atom is -0.298 e. The summed E-state index contributed by atoms with van der Waals surface area (Å²) in [6.45, 7) is 0.194. The number of amides is 3. The number of hydrogen-bond donors (Lipinski definition) is 1. The molecule has 0 fully saturated rings. The van der Waals surface area contributed by atoms with Crippen molar-refractivity contribution in [2.24, 2.45) is 0 Å². The largest absolute Gasteiger partial charge is 0.298 e. The third-order valence-corrected chi connectivity index (χ3v) is 6.56. The fourth-order valence-electron chi connectivity index (χ4n) is 3.38. The van der Waals surface area contributed by atoms with Gasteiger partial charge >= 0.3 is 0 Å². The lowest BCUT2D eigenvalue weighted by molar-refractivity contribution is 0.0642. The second kappa shape index (κ2) is 7.90. The van der Waals surface area contributed by atoms with Crippen LogP contribution in [0.15, 0.2) is 71.4 Å². The Morgan fingerprint density at radius 3 is 2.52 bits per heavy atom. The summed E-state index contributed by atoms with van der Waals surface area (Å²) in [6, 6.07) is 17.8. The van der Waals surface area contributed by atoms with Gasteiger partial charge in [0.05, 0.1) is 28.2 Å². The second-order valence-corrected chi connectivity index (χ2v) is 8.72. The van der Waals surface area contributed by atoms with Crippen molar-refractivity contribution >= 4 is 45.5 Å². The Bertz CT molecular complexity index is 1300. The van der Waals surface area contributed by atoms with Gasteiger partial charge in [-0.1, -0.05) is 36.4 Å². The topological polar surface area (TPSA) is 79.4 Å². The van der Waals surface area contributed by atoms with Crippen molar-refractivity contribution in [2.45, 2.75) is 6.54 Å². The van der Waals surface area contributed by atoms with Crippen molar-refractivity contribution < 1.29 is 14.4 Å². The third kappa shape index (κ3) is 3.67. The van der Waals surface area contributed by atoms with Crippen LogP contribution in [0, 0.1) is 0 Å². The van der Waals surface area contributed by atoms with Crippen LogP contribution in [0.25, 0.3) is 10.6 Å². The van der Waals surface area contributed by atoms with Crippen molar-refractivity contribution in [3.05, 3.63) is 93.7 Å². The number of imide groups is 1. The minimum absolute atomic E-state index is 0.194. The van der Waals surface area contributed by atoms with E-state index < -0.39 is 5.91 Å². The van der Waals surface area contributed by atoms with E-state index in [2.05, 4.69) is 10.3 Å². The zero-order chi connectivity index (χ0) is 21.4. The molecule has 1 aliphatic heterocycles. The molecule has 4 aromatic rings. The van der Waals surface area contributed by atoms with E-state index in [4.69, 9.17) is 0 Å². The number of aromatic nitrogens is 1. The molecule has 2 aromatic heterocycles. The molecule has 1 aliphatic rings. The minimum atomic E-state index is -0.396. The second-order valence-electron chi connectivity index (χ2n) is 6.91. The Labute approximate surface area is 185 Å². The van der Waals surface area contributed by atoms with Crippen molar-refractivity contribution in [3.63, 3.8) is 0 Å². The highest BCUT2D eigenvalue weighted by Gasteiger charge is 2.36.